The number of sulfonamides is 1. The van der Waals surface area contributed by atoms with Crippen LogP contribution in [0.4, 0.5) is 5.69 Å². The quantitative estimate of drug-likeness (QED) is 0.672. The highest BCUT2D eigenvalue weighted by molar-refractivity contribution is 7.89. The molecule has 2 N–H and O–H groups in total. The van der Waals surface area contributed by atoms with Gasteiger partial charge in [0.15, 0.2) is 0 Å². The number of hydrogen-bond donors (Lipinski definition) is 2. The maximum atomic E-state index is 12.8. The van der Waals surface area contributed by atoms with Gasteiger partial charge in [-0.3, -0.25) is 4.79 Å². The van der Waals surface area contributed by atoms with Gasteiger partial charge in [0.05, 0.1) is 11.0 Å². The molecular formula is C22H32N2O4S. The van der Waals surface area contributed by atoms with E-state index in [9.17, 15) is 13.2 Å². The molecule has 6 nitrogen and oxygen atoms in total. The van der Waals surface area contributed by atoms with E-state index in [0.29, 0.717) is 17.5 Å². The molecule has 0 spiro atoms. The highest BCUT2D eigenvalue weighted by Crippen LogP contribution is 2.49. The number of amides is 1. The third kappa shape index (κ3) is 5.01. The first-order chi connectivity index (χ1) is 13.9. The second-order valence-corrected chi connectivity index (χ2v) is 10.8. The SMILES string of the molecule is C[C@H](NS(=O)(=O)c1ccc(NC(=O)COC2CCCC2)cc1)[C@H]1C[C@H]2CC[C@H]1C2. The number of fused-ring (bicyclic) bond motifs is 2. The Bertz CT molecular complexity index is 818. The second-order valence-electron chi connectivity index (χ2n) is 9.04. The largest absolute Gasteiger partial charge is 0.368 e. The molecule has 0 radical (unpaired) electrons. The molecule has 160 valence electrons. The van der Waals surface area contributed by atoms with Crippen molar-refractivity contribution < 1.29 is 17.9 Å². The average Bonchev–Trinajstić information content (AvgIpc) is 3.44. The average molecular weight is 421 g/mol. The Kier molecular flexibility index (Phi) is 6.27. The molecule has 0 aromatic heterocycles. The molecule has 3 aliphatic rings. The van der Waals surface area contributed by atoms with Crippen molar-refractivity contribution in [1.82, 2.24) is 4.72 Å². The summed E-state index contributed by atoms with van der Waals surface area (Å²) in [5.41, 5.74) is 0.574. The topological polar surface area (TPSA) is 84.5 Å². The van der Waals surface area contributed by atoms with Crippen molar-refractivity contribution in [3.63, 3.8) is 0 Å². The smallest absolute Gasteiger partial charge is 0.250 e. The van der Waals surface area contributed by atoms with Crippen LogP contribution in [0.2, 0.25) is 0 Å². The Morgan fingerprint density at radius 1 is 1.10 bits per heavy atom. The Labute approximate surface area is 173 Å². The maximum absolute atomic E-state index is 12.8. The summed E-state index contributed by atoms with van der Waals surface area (Å²) in [5.74, 6) is 1.69. The van der Waals surface area contributed by atoms with Gasteiger partial charge < -0.3 is 10.1 Å². The maximum Gasteiger partial charge on any atom is 0.250 e. The number of hydrogen-bond acceptors (Lipinski definition) is 4. The lowest BCUT2D eigenvalue weighted by Crippen LogP contribution is -2.40. The molecule has 3 saturated carbocycles. The third-order valence-corrected chi connectivity index (χ3v) is 8.55. The normalized spacial score (nSPS) is 28.0. The van der Waals surface area contributed by atoms with Crippen LogP contribution in [0.15, 0.2) is 29.2 Å². The summed E-state index contributed by atoms with van der Waals surface area (Å²) in [6.45, 7) is 2.02. The van der Waals surface area contributed by atoms with Crippen LogP contribution in [0, 0.1) is 17.8 Å². The van der Waals surface area contributed by atoms with Crippen LogP contribution in [0.3, 0.4) is 0 Å². The molecule has 0 heterocycles. The number of ether oxygens (including phenoxy) is 1. The molecule has 2 bridgehead atoms. The van der Waals surface area contributed by atoms with Crippen LogP contribution in [0.1, 0.15) is 58.3 Å². The van der Waals surface area contributed by atoms with Gasteiger partial charge in [0, 0.05) is 11.7 Å². The summed E-state index contributed by atoms with van der Waals surface area (Å²) >= 11 is 0. The van der Waals surface area contributed by atoms with Gasteiger partial charge in [-0.1, -0.05) is 19.3 Å². The number of carbonyl (C=O) groups is 1. The lowest BCUT2D eigenvalue weighted by atomic mass is 9.84. The molecule has 0 saturated heterocycles. The molecule has 4 rings (SSSR count). The van der Waals surface area contributed by atoms with Gasteiger partial charge in [-0.05, 0) is 81.0 Å². The van der Waals surface area contributed by atoms with Gasteiger partial charge in [-0.15, -0.1) is 0 Å². The van der Waals surface area contributed by atoms with Crippen molar-refractivity contribution in [1.29, 1.82) is 0 Å². The van der Waals surface area contributed by atoms with E-state index in [4.69, 9.17) is 4.74 Å². The van der Waals surface area contributed by atoms with E-state index in [2.05, 4.69) is 10.0 Å². The predicted molar refractivity (Wildman–Crippen MR) is 112 cm³/mol. The van der Waals surface area contributed by atoms with E-state index >= 15 is 0 Å². The van der Waals surface area contributed by atoms with Crippen LogP contribution in [0.25, 0.3) is 0 Å². The monoisotopic (exact) mass is 420 g/mol. The molecule has 0 unspecified atom stereocenters. The Morgan fingerprint density at radius 2 is 1.83 bits per heavy atom. The highest BCUT2D eigenvalue weighted by Gasteiger charge is 2.42. The van der Waals surface area contributed by atoms with Crippen molar-refractivity contribution in [2.24, 2.45) is 17.8 Å². The first kappa shape index (κ1) is 20.8. The molecule has 1 amide bonds. The Morgan fingerprint density at radius 3 is 2.45 bits per heavy atom. The van der Waals surface area contributed by atoms with Gasteiger partial charge >= 0.3 is 0 Å². The van der Waals surface area contributed by atoms with E-state index < -0.39 is 10.0 Å². The molecule has 1 aromatic rings. The summed E-state index contributed by atoms with van der Waals surface area (Å²) < 4.78 is 34.0. The number of rotatable bonds is 8. The Balaban J connectivity index is 1.29. The molecule has 3 fully saturated rings. The zero-order valence-corrected chi connectivity index (χ0v) is 17.9. The minimum Gasteiger partial charge on any atom is -0.368 e. The summed E-state index contributed by atoms with van der Waals surface area (Å²) in [5, 5.41) is 2.77. The van der Waals surface area contributed by atoms with Gasteiger partial charge in [0.2, 0.25) is 15.9 Å². The fourth-order valence-corrected chi connectivity index (χ4v) is 6.76. The van der Waals surface area contributed by atoms with Crippen molar-refractivity contribution in [3.05, 3.63) is 24.3 Å². The standard InChI is InChI=1S/C22H32N2O4S/c1-15(21-13-16-6-7-17(21)12-16)24-29(26,27)20-10-8-18(9-11-20)23-22(25)14-28-19-4-2-3-5-19/h8-11,15-17,19,21,24H,2-7,12-14H2,1H3,(H,23,25)/t15-,16-,17-,21+/m0/s1. The summed E-state index contributed by atoms with van der Waals surface area (Å²) in [4.78, 5) is 12.3. The number of benzene rings is 1. The highest BCUT2D eigenvalue weighted by atomic mass is 32.2. The van der Waals surface area contributed by atoms with Gasteiger partial charge in [0.1, 0.15) is 6.61 Å². The minimum absolute atomic E-state index is 0.0351. The molecule has 29 heavy (non-hydrogen) atoms. The number of anilines is 1. The molecule has 4 atom stereocenters. The van der Waals surface area contributed by atoms with Crippen molar-refractivity contribution in [2.45, 2.75) is 75.3 Å². The van der Waals surface area contributed by atoms with E-state index in [1.54, 1.807) is 24.3 Å². The van der Waals surface area contributed by atoms with Crippen LogP contribution < -0.4 is 10.0 Å². The fourth-order valence-electron chi connectivity index (χ4n) is 5.47. The molecule has 3 aliphatic carbocycles. The van der Waals surface area contributed by atoms with Crippen LogP contribution in [-0.2, 0) is 19.6 Å². The van der Waals surface area contributed by atoms with E-state index in [1.807, 2.05) is 6.92 Å². The predicted octanol–water partition coefficient (Wildman–Crippen LogP) is 3.69. The van der Waals surface area contributed by atoms with Crippen molar-refractivity contribution in [3.8, 4) is 0 Å². The van der Waals surface area contributed by atoms with E-state index in [-0.39, 0.29) is 29.6 Å². The second kappa shape index (κ2) is 8.74. The third-order valence-electron chi connectivity index (χ3n) is 6.98. The number of nitrogens with one attached hydrogen (secondary N) is 2. The summed E-state index contributed by atoms with van der Waals surface area (Å²) in [6.07, 6.45) is 9.50. The van der Waals surface area contributed by atoms with Gasteiger partial charge in [-0.25, -0.2) is 13.1 Å². The zero-order chi connectivity index (χ0) is 20.4. The van der Waals surface area contributed by atoms with E-state index in [1.165, 1.54) is 19.3 Å². The molecular weight excluding hydrogens is 388 g/mol. The number of carbonyl (C=O) groups excluding carboxylic acids is 1. The first-order valence-electron chi connectivity index (χ1n) is 10.9. The lowest BCUT2D eigenvalue weighted by Gasteiger charge is -2.28. The van der Waals surface area contributed by atoms with Gasteiger partial charge in [0.25, 0.3) is 0 Å². The van der Waals surface area contributed by atoms with Crippen LogP contribution in [-0.4, -0.2) is 33.1 Å². The van der Waals surface area contributed by atoms with Crippen molar-refractivity contribution in [2.75, 3.05) is 11.9 Å². The Hall–Kier alpha value is -1.44. The first-order valence-corrected chi connectivity index (χ1v) is 12.4. The minimum atomic E-state index is -3.57. The van der Waals surface area contributed by atoms with E-state index in [0.717, 1.165) is 38.0 Å². The zero-order valence-electron chi connectivity index (χ0n) is 17.1. The van der Waals surface area contributed by atoms with Crippen LogP contribution in [0.5, 0.6) is 0 Å². The summed E-state index contributed by atoms with van der Waals surface area (Å²) in [6, 6.07) is 6.29. The van der Waals surface area contributed by atoms with Crippen LogP contribution >= 0.6 is 0 Å². The van der Waals surface area contributed by atoms with Crippen molar-refractivity contribution >= 4 is 21.6 Å². The van der Waals surface area contributed by atoms with Gasteiger partial charge in [-0.2, -0.15) is 0 Å². The lowest BCUT2D eigenvalue weighted by molar-refractivity contribution is -0.122. The summed E-state index contributed by atoms with van der Waals surface area (Å²) in [7, 11) is -3.57. The molecule has 7 heteroatoms. The molecule has 0 aliphatic heterocycles. The fraction of sp³-hybridized carbons (Fsp3) is 0.682. The molecule has 1 aromatic carbocycles.